The van der Waals surface area contributed by atoms with Gasteiger partial charge in [-0.25, -0.2) is 13.4 Å². The molecule has 1 N–H and O–H groups in total. The van der Waals surface area contributed by atoms with Gasteiger partial charge >= 0.3 is 0 Å². The molecule has 2 heterocycles. The Labute approximate surface area is 176 Å². The fraction of sp³-hybridized carbons (Fsp3) is 0.0455. The molecule has 0 bridgehead atoms. The molecule has 0 spiro atoms. The number of sulfonamides is 1. The van der Waals surface area contributed by atoms with Gasteiger partial charge in [0.1, 0.15) is 5.75 Å². The summed E-state index contributed by atoms with van der Waals surface area (Å²) >= 11 is 0. The van der Waals surface area contributed by atoms with Gasteiger partial charge in [-0.15, -0.1) is 0 Å². The van der Waals surface area contributed by atoms with Crippen LogP contribution in [0.5, 0.6) is 5.75 Å². The van der Waals surface area contributed by atoms with E-state index in [0.29, 0.717) is 22.5 Å². The van der Waals surface area contributed by atoms with Gasteiger partial charge in [0.25, 0.3) is 15.6 Å². The average Bonchev–Trinajstić information content (AvgIpc) is 3.06. The van der Waals surface area contributed by atoms with Crippen molar-refractivity contribution in [3.8, 4) is 11.4 Å². The first kappa shape index (κ1) is 19.0. The SMILES string of the molecule is COc1ccc(S(=O)(=O)Nc2ccc3nc4n(c(=O)c3c2)-c2ccccc2C4=O)cc1. The van der Waals surface area contributed by atoms with E-state index in [4.69, 9.17) is 4.74 Å². The zero-order valence-corrected chi connectivity index (χ0v) is 17.0. The topological polar surface area (TPSA) is 107 Å². The molecule has 1 aliphatic heterocycles. The molecule has 0 saturated carbocycles. The van der Waals surface area contributed by atoms with Crippen LogP contribution in [0, 0.1) is 0 Å². The molecule has 31 heavy (non-hydrogen) atoms. The first-order valence-corrected chi connectivity index (χ1v) is 10.8. The molecule has 1 aromatic heterocycles. The lowest BCUT2D eigenvalue weighted by molar-refractivity contribution is 0.103. The van der Waals surface area contributed by atoms with Gasteiger partial charge < -0.3 is 4.74 Å². The summed E-state index contributed by atoms with van der Waals surface area (Å²) in [5.41, 5.74) is 0.947. The van der Waals surface area contributed by atoms with E-state index in [0.717, 1.165) is 0 Å². The zero-order valence-electron chi connectivity index (χ0n) is 16.2. The van der Waals surface area contributed by atoms with Crippen LogP contribution in [0.2, 0.25) is 0 Å². The predicted molar refractivity (Wildman–Crippen MR) is 115 cm³/mol. The molecular weight excluding hydrogens is 418 g/mol. The Kier molecular flexibility index (Phi) is 4.16. The molecule has 9 heteroatoms. The summed E-state index contributed by atoms with van der Waals surface area (Å²) in [6.45, 7) is 0. The summed E-state index contributed by atoms with van der Waals surface area (Å²) in [5, 5.41) is 0.197. The van der Waals surface area contributed by atoms with E-state index in [1.165, 1.54) is 42.0 Å². The van der Waals surface area contributed by atoms with Crippen molar-refractivity contribution in [1.82, 2.24) is 9.55 Å². The van der Waals surface area contributed by atoms with Crippen LogP contribution in [0.25, 0.3) is 16.6 Å². The van der Waals surface area contributed by atoms with Crippen molar-refractivity contribution in [2.75, 3.05) is 11.8 Å². The Morgan fingerprint density at radius 2 is 1.71 bits per heavy atom. The summed E-state index contributed by atoms with van der Waals surface area (Å²) in [7, 11) is -2.39. The summed E-state index contributed by atoms with van der Waals surface area (Å²) in [6.07, 6.45) is 0. The Bertz CT molecular complexity index is 1540. The van der Waals surface area contributed by atoms with E-state index in [9.17, 15) is 18.0 Å². The third-order valence-corrected chi connectivity index (χ3v) is 6.48. The van der Waals surface area contributed by atoms with E-state index in [1.807, 2.05) is 0 Å². The minimum atomic E-state index is -3.88. The molecule has 0 radical (unpaired) electrons. The van der Waals surface area contributed by atoms with Crippen LogP contribution in [0.1, 0.15) is 16.2 Å². The molecule has 0 unspecified atom stereocenters. The number of aromatic nitrogens is 2. The number of rotatable bonds is 4. The van der Waals surface area contributed by atoms with E-state index < -0.39 is 15.6 Å². The van der Waals surface area contributed by atoms with E-state index in [2.05, 4.69) is 9.71 Å². The Morgan fingerprint density at radius 1 is 0.968 bits per heavy atom. The summed E-state index contributed by atoms with van der Waals surface area (Å²) in [4.78, 5) is 30.2. The standard InChI is InChI=1S/C22H15N3O5S/c1-30-14-7-9-15(10-8-14)31(28,29)24-13-6-11-18-17(12-13)22(27)25-19-5-3-2-4-16(19)20(26)21(25)23-18/h2-12,24H,1H3. The van der Waals surface area contributed by atoms with Gasteiger partial charge in [-0.3, -0.25) is 18.9 Å². The van der Waals surface area contributed by atoms with Crippen molar-refractivity contribution in [3.63, 3.8) is 0 Å². The van der Waals surface area contributed by atoms with Gasteiger partial charge in [0, 0.05) is 5.69 Å². The number of anilines is 1. The molecule has 1 aliphatic rings. The van der Waals surface area contributed by atoms with Crippen LogP contribution in [0.4, 0.5) is 5.69 Å². The van der Waals surface area contributed by atoms with Gasteiger partial charge in [-0.05, 0) is 54.6 Å². The Balaban J connectivity index is 1.59. The highest BCUT2D eigenvalue weighted by Gasteiger charge is 2.30. The van der Waals surface area contributed by atoms with Crippen molar-refractivity contribution < 1.29 is 17.9 Å². The number of hydrogen-bond acceptors (Lipinski definition) is 6. The minimum absolute atomic E-state index is 0.0465. The maximum Gasteiger partial charge on any atom is 0.266 e. The number of benzene rings is 3. The lowest BCUT2D eigenvalue weighted by atomic mass is 10.1. The molecule has 154 valence electrons. The third kappa shape index (κ3) is 2.98. The van der Waals surface area contributed by atoms with Crippen molar-refractivity contribution >= 4 is 32.4 Å². The number of fused-ring (bicyclic) bond motifs is 4. The van der Waals surface area contributed by atoms with E-state index in [-0.39, 0.29) is 27.6 Å². The highest BCUT2D eigenvalue weighted by Crippen LogP contribution is 2.27. The van der Waals surface area contributed by atoms with Crippen molar-refractivity contribution in [2.24, 2.45) is 0 Å². The number of nitrogens with one attached hydrogen (secondary N) is 1. The summed E-state index contributed by atoms with van der Waals surface area (Å²) < 4.78 is 34.2. The number of ketones is 1. The highest BCUT2D eigenvalue weighted by molar-refractivity contribution is 7.92. The smallest absolute Gasteiger partial charge is 0.266 e. The van der Waals surface area contributed by atoms with E-state index in [1.54, 1.807) is 36.4 Å². The monoisotopic (exact) mass is 433 g/mol. The molecule has 0 amide bonds. The fourth-order valence-electron chi connectivity index (χ4n) is 3.57. The number of hydrogen-bond donors (Lipinski definition) is 1. The highest BCUT2D eigenvalue weighted by atomic mass is 32.2. The first-order chi connectivity index (χ1) is 14.9. The Hall–Kier alpha value is -3.98. The number of nitrogens with zero attached hydrogens (tertiary/aromatic N) is 2. The molecule has 3 aromatic carbocycles. The van der Waals surface area contributed by atoms with Crippen LogP contribution in [-0.4, -0.2) is 30.9 Å². The average molecular weight is 433 g/mol. The number of carbonyl (C=O) groups is 1. The molecule has 8 nitrogen and oxygen atoms in total. The number of methoxy groups -OCH3 is 1. The first-order valence-electron chi connectivity index (χ1n) is 9.27. The van der Waals surface area contributed by atoms with Crippen LogP contribution < -0.4 is 15.0 Å². The van der Waals surface area contributed by atoms with Crippen LogP contribution in [0.15, 0.2) is 76.4 Å². The minimum Gasteiger partial charge on any atom is -0.497 e. The molecule has 0 atom stereocenters. The lowest BCUT2D eigenvalue weighted by Crippen LogP contribution is -2.22. The van der Waals surface area contributed by atoms with Gasteiger partial charge in [-0.1, -0.05) is 12.1 Å². The van der Waals surface area contributed by atoms with Crippen molar-refractivity contribution in [2.45, 2.75) is 4.90 Å². The molecule has 0 saturated heterocycles. The fourth-order valence-corrected chi connectivity index (χ4v) is 4.62. The maximum absolute atomic E-state index is 13.2. The summed E-state index contributed by atoms with van der Waals surface area (Å²) in [6, 6.07) is 17.1. The lowest BCUT2D eigenvalue weighted by Gasteiger charge is -2.10. The second kappa shape index (κ2) is 6.78. The number of para-hydroxylation sites is 1. The second-order valence-corrected chi connectivity index (χ2v) is 8.62. The number of carbonyl (C=O) groups excluding carboxylic acids is 1. The number of ether oxygens (including phenoxy) is 1. The molecular formula is C22H15N3O5S. The largest absolute Gasteiger partial charge is 0.497 e. The summed E-state index contributed by atoms with van der Waals surface area (Å²) in [5.74, 6) is 0.261. The second-order valence-electron chi connectivity index (χ2n) is 6.94. The quantitative estimate of drug-likeness (QED) is 0.467. The molecule has 0 aliphatic carbocycles. The maximum atomic E-state index is 13.2. The molecule has 4 aromatic rings. The van der Waals surface area contributed by atoms with Gasteiger partial charge in [0.15, 0.2) is 5.82 Å². The van der Waals surface area contributed by atoms with Gasteiger partial charge in [-0.2, -0.15) is 0 Å². The van der Waals surface area contributed by atoms with Crippen molar-refractivity contribution in [3.05, 3.63) is 88.5 Å². The van der Waals surface area contributed by atoms with Gasteiger partial charge in [0.05, 0.1) is 34.2 Å². The van der Waals surface area contributed by atoms with Crippen LogP contribution in [0.3, 0.4) is 0 Å². The van der Waals surface area contributed by atoms with Crippen LogP contribution in [-0.2, 0) is 10.0 Å². The third-order valence-electron chi connectivity index (χ3n) is 5.08. The zero-order chi connectivity index (χ0) is 21.8. The van der Waals surface area contributed by atoms with E-state index >= 15 is 0 Å². The molecule has 0 fully saturated rings. The predicted octanol–water partition coefficient (Wildman–Crippen LogP) is 2.74. The van der Waals surface area contributed by atoms with Crippen LogP contribution >= 0.6 is 0 Å². The molecule has 5 rings (SSSR count). The van der Waals surface area contributed by atoms with Gasteiger partial charge in [0.2, 0.25) is 5.78 Å². The normalized spacial score (nSPS) is 12.5. The Morgan fingerprint density at radius 3 is 2.45 bits per heavy atom. The van der Waals surface area contributed by atoms with Crippen molar-refractivity contribution in [1.29, 1.82) is 0 Å².